The molecule has 0 saturated carbocycles. The summed E-state index contributed by atoms with van der Waals surface area (Å²) < 4.78 is 39.7. The molecule has 1 atom stereocenters. The second kappa shape index (κ2) is 5.68. The van der Waals surface area contributed by atoms with Gasteiger partial charge in [0, 0.05) is 24.1 Å². The van der Waals surface area contributed by atoms with Crippen molar-refractivity contribution in [3.05, 3.63) is 24.0 Å². The molecule has 1 saturated heterocycles. The summed E-state index contributed by atoms with van der Waals surface area (Å²) in [5.74, 6) is 0.0781. The van der Waals surface area contributed by atoms with E-state index in [2.05, 4.69) is 0 Å². The van der Waals surface area contributed by atoms with Gasteiger partial charge >= 0.3 is 0 Å². The molecule has 4 nitrogen and oxygen atoms in total. The minimum atomic E-state index is -3.62. The van der Waals surface area contributed by atoms with Crippen LogP contribution in [0.25, 0.3) is 0 Å². The summed E-state index contributed by atoms with van der Waals surface area (Å²) in [7, 11) is -3.62. The number of sulfonamides is 1. The highest BCUT2D eigenvalue weighted by Gasteiger charge is 2.30. The minimum Gasteiger partial charge on any atom is -0.396 e. The van der Waals surface area contributed by atoms with Gasteiger partial charge < -0.3 is 5.73 Å². The number of nitrogen functional groups attached to an aromatic ring is 1. The number of thioether (sulfide) groups is 1. The van der Waals surface area contributed by atoms with Crippen LogP contribution in [-0.2, 0) is 10.0 Å². The van der Waals surface area contributed by atoms with Gasteiger partial charge in [0.2, 0.25) is 10.0 Å². The van der Waals surface area contributed by atoms with Crippen molar-refractivity contribution in [2.45, 2.75) is 23.5 Å². The van der Waals surface area contributed by atoms with E-state index in [1.165, 1.54) is 16.4 Å². The summed E-state index contributed by atoms with van der Waals surface area (Å²) in [6.45, 7) is 2.99. The third kappa shape index (κ3) is 3.04. The molecule has 7 heteroatoms. The van der Waals surface area contributed by atoms with Gasteiger partial charge in [0.1, 0.15) is 5.82 Å². The average Bonchev–Trinajstić information content (AvgIpc) is 2.41. The lowest BCUT2D eigenvalue weighted by Crippen LogP contribution is -2.41. The molecule has 1 unspecified atom stereocenters. The Labute approximate surface area is 117 Å². The Hall–Kier alpha value is -0.790. The Morgan fingerprint density at radius 3 is 2.89 bits per heavy atom. The number of anilines is 1. The highest BCUT2D eigenvalue weighted by Crippen LogP contribution is 2.27. The predicted octanol–water partition coefficient (Wildman–Crippen LogP) is 1.92. The van der Waals surface area contributed by atoms with Gasteiger partial charge in [-0.2, -0.15) is 16.1 Å². The number of benzene rings is 1. The first-order chi connectivity index (χ1) is 8.95. The van der Waals surface area contributed by atoms with Crippen LogP contribution in [-0.4, -0.2) is 36.8 Å². The lowest BCUT2D eigenvalue weighted by molar-refractivity contribution is 0.415. The van der Waals surface area contributed by atoms with Crippen molar-refractivity contribution in [1.29, 1.82) is 0 Å². The highest BCUT2D eigenvalue weighted by molar-refractivity contribution is 8.00. The van der Waals surface area contributed by atoms with Crippen molar-refractivity contribution in [2.24, 2.45) is 0 Å². The van der Waals surface area contributed by atoms with Crippen LogP contribution in [0.2, 0.25) is 0 Å². The van der Waals surface area contributed by atoms with Crippen LogP contribution in [0.1, 0.15) is 13.3 Å². The van der Waals surface area contributed by atoms with Crippen molar-refractivity contribution in [2.75, 3.05) is 24.6 Å². The number of hydrogen-bond acceptors (Lipinski definition) is 4. The maximum absolute atomic E-state index is 13.4. The molecule has 0 aromatic heterocycles. The van der Waals surface area contributed by atoms with Gasteiger partial charge in [-0.3, -0.25) is 0 Å². The second-order valence-electron chi connectivity index (χ2n) is 4.45. The maximum atomic E-state index is 13.4. The molecule has 2 rings (SSSR count). The summed E-state index contributed by atoms with van der Waals surface area (Å²) in [5, 5.41) is 0.308. The lowest BCUT2D eigenvalue weighted by Gasteiger charge is -2.31. The van der Waals surface area contributed by atoms with Gasteiger partial charge in [-0.25, -0.2) is 12.8 Å². The van der Waals surface area contributed by atoms with E-state index >= 15 is 0 Å². The van der Waals surface area contributed by atoms with Crippen molar-refractivity contribution >= 4 is 27.5 Å². The van der Waals surface area contributed by atoms with Crippen LogP contribution < -0.4 is 5.73 Å². The number of halogens is 1. The first-order valence-electron chi connectivity index (χ1n) is 6.12. The fraction of sp³-hybridized carbons (Fsp3) is 0.500. The van der Waals surface area contributed by atoms with Crippen molar-refractivity contribution < 1.29 is 12.8 Å². The van der Waals surface area contributed by atoms with E-state index in [1.54, 1.807) is 11.8 Å². The summed E-state index contributed by atoms with van der Waals surface area (Å²) in [6, 6.07) is 3.64. The molecule has 2 N–H and O–H groups in total. The number of nitrogens with two attached hydrogens (primary N) is 1. The van der Waals surface area contributed by atoms with Crippen molar-refractivity contribution in [3.63, 3.8) is 0 Å². The zero-order valence-electron chi connectivity index (χ0n) is 10.7. The Morgan fingerprint density at radius 1 is 1.53 bits per heavy atom. The van der Waals surface area contributed by atoms with Gasteiger partial charge in [-0.1, -0.05) is 6.92 Å². The molecule has 1 heterocycles. The van der Waals surface area contributed by atoms with E-state index in [4.69, 9.17) is 5.73 Å². The summed E-state index contributed by atoms with van der Waals surface area (Å²) >= 11 is 1.78. The monoisotopic (exact) mass is 304 g/mol. The van der Waals surface area contributed by atoms with Gasteiger partial charge in [0.25, 0.3) is 0 Å². The number of rotatable bonds is 3. The third-order valence-corrected chi connectivity index (χ3v) is 6.40. The van der Waals surface area contributed by atoms with Crippen LogP contribution in [0.3, 0.4) is 0 Å². The minimum absolute atomic E-state index is 0.0269. The van der Waals surface area contributed by atoms with Gasteiger partial charge in [0.05, 0.1) is 10.6 Å². The average molecular weight is 304 g/mol. The van der Waals surface area contributed by atoms with E-state index < -0.39 is 15.8 Å². The van der Waals surface area contributed by atoms with Crippen LogP contribution >= 0.6 is 11.8 Å². The van der Waals surface area contributed by atoms with E-state index in [0.717, 1.165) is 18.2 Å². The Balaban J connectivity index is 2.28. The van der Waals surface area contributed by atoms with Crippen molar-refractivity contribution in [3.8, 4) is 0 Å². The standard InChI is InChI=1S/C12H17FN2O2S2/c1-2-9-8-15(5-6-18-9)19(16,17)10-3-4-12(14)11(13)7-10/h3-4,7,9H,2,5-6,8,14H2,1H3. The van der Waals surface area contributed by atoms with E-state index in [-0.39, 0.29) is 10.6 Å². The number of nitrogens with zero attached hydrogens (tertiary/aromatic N) is 1. The van der Waals surface area contributed by atoms with Gasteiger partial charge in [-0.15, -0.1) is 0 Å². The smallest absolute Gasteiger partial charge is 0.243 e. The van der Waals surface area contributed by atoms with Crippen LogP contribution in [0.5, 0.6) is 0 Å². The second-order valence-corrected chi connectivity index (χ2v) is 7.79. The van der Waals surface area contributed by atoms with E-state index in [9.17, 15) is 12.8 Å². The van der Waals surface area contributed by atoms with E-state index in [0.29, 0.717) is 18.3 Å². The molecular formula is C12H17FN2O2S2. The molecule has 1 aliphatic rings. The zero-order valence-corrected chi connectivity index (χ0v) is 12.3. The summed E-state index contributed by atoms with van der Waals surface area (Å²) in [5.41, 5.74) is 5.33. The molecule has 106 valence electrons. The largest absolute Gasteiger partial charge is 0.396 e. The molecule has 1 fully saturated rings. The molecule has 19 heavy (non-hydrogen) atoms. The fourth-order valence-corrected chi connectivity index (χ4v) is 4.86. The zero-order chi connectivity index (χ0) is 14.0. The Kier molecular flexibility index (Phi) is 4.37. The SMILES string of the molecule is CCC1CN(S(=O)(=O)c2ccc(N)c(F)c2)CCS1. The summed E-state index contributed by atoms with van der Waals surface area (Å²) in [6.07, 6.45) is 0.923. The van der Waals surface area contributed by atoms with Gasteiger partial charge in [-0.05, 0) is 24.6 Å². The molecule has 1 aliphatic heterocycles. The Morgan fingerprint density at radius 2 is 2.26 bits per heavy atom. The topological polar surface area (TPSA) is 63.4 Å². The molecule has 0 spiro atoms. The van der Waals surface area contributed by atoms with Crippen LogP contribution in [0.15, 0.2) is 23.1 Å². The predicted molar refractivity (Wildman–Crippen MR) is 76.1 cm³/mol. The third-order valence-electron chi connectivity index (χ3n) is 3.17. The summed E-state index contributed by atoms with van der Waals surface area (Å²) in [4.78, 5) is -0.0269. The Bertz CT molecular complexity index is 563. The molecule has 0 radical (unpaired) electrons. The molecule has 1 aromatic rings. The highest BCUT2D eigenvalue weighted by atomic mass is 32.2. The molecule has 0 aliphatic carbocycles. The van der Waals surface area contributed by atoms with E-state index in [1.807, 2.05) is 6.92 Å². The first kappa shape index (κ1) is 14.6. The fourth-order valence-electron chi connectivity index (χ4n) is 1.97. The van der Waals surface area contributed by atoms with Gasteiger partial charge in [0.15, 0.2) is 0 Å². The quantitative estimate of drug-likeness (QED) is 0.867. The molecule has 0 bridgehead atoms. The molecule has 0 amide bonds. The lowest BCUT2D eigenvalue weighted by atomic mass is 10.3. The first-order valence-corrected chi connectivity index (χ1v) is 8.60. The molecular weight excluding hydrogens is 287 g/mol. The maximum Gasteiger partial charge on any atom is 0.243 e. The molecule has 1 aromatic carbocycles. The van der Waals surface area contributed by atoms with Crippen LogP contribution in [0, 0.1) is 5.82 Å². The number of hydrogen-bond donors (Lipinski definition) is 1. The van der Waals surface area contributed by atoms with Crippen LogP contribution in [0.4, 0.5) is 10.1 Å². The van der Waals surface area contributed by atoms with Crippen molar-refractivity contribution in [1.82, 2.24) is 4.31 Å². The normalized spacial score (nSPS) is 21.5.